The van der Waals surface area contributed by atoms with Crippen LogP contribution in [0, 0.1) is 0 Å². The van der Waals surface area contributed by atoms with E-state index in [9.17, 15) is 0 Å². The molecule has 0 spiro atoms. The molecule has 0 aliphatic heterocycles. The molecule has 0 aliphatic carbocycles. The van der Waals surface area contributed by atoms with E-state index in [1.165, 1.54) is 25.7 Å². The molecular weight excluding hydrogens is 178 g/mol. The van der Waals surface area contributed by atoms with Crippen molar-refractivity contribution in [1.29, 1.82) is 0 Å². The summed E-state index contributed by atoms with van der Waals surface area (Å²) < 4.78 is 3.89. The molecule has 0 bridgehead atoms. The third kappa shape index (κ3) is 8.63. The van der Waals surface area contributed by atoms with Crippen molar-refractivity contribution in [1.82, 2.24) is 4.72 Å². The fourth-order valence-electron chi connectivity index (χ4n) is 1.06. The first-order valence-electron chi connectivity index (χ1n) is 5.43. The summed E-state index contributed by atoms with van der Waals surface area (Å²) in [6, 6.07) is 0.698. The molecule has 0 saturated carbocycles. The second-order valence-electron chi connectivity index (χ2n) is 4.58. The molecule has 1 N–H and O–H groups in total. The topological polar surface area (TPSA) is 12.0 Å². The van der Waals surface area contributed by atoms with E-state index in [2.05, 4.69) is 39.3 Å². The van der Waals surface area contributed by atoms with Gasteiger partial charge in [0.15, 0.2) is 0 Å². The highest BCUT2D eigenvalue weighted by Crippen LogP contribution is 2.21. The van der Waals surface area contributed by atoms with Crippen molar-refractivity contribution < 1.29 is 0 Å². The zero-order valence-electron chi connectivity index (χ0n) is 9.81. The maximum absolute atomic E-state index is 3.56. The van der Waals surface area contributed by atoms with Gasteiger partial charge in [0.05, 0.1) is 0 Å². The van der Waals surface area contributed by atoms with Gasteiger partial charge in [0.25, 0.3) is 0 Å². The van der Waals surface area contributed by atoms with Crippen LogP contribution in [-0.2, 0) is 0 Å². The predicted molar refractivity (Wildman–Crippen MR) is 64.1 cm³/mol. The Morgan fingerprint density at radius 1 is 1.23 bits per heavy atom. The minimum Gasteiger partial charge on any atom is -0.261 e. The average molecular weight is 203 g/mol. The van der Waals surface area contributed by atoms with Crippen molar-refractivity contribution in [2.24, 2.45) is 0 Å². The van der Waals surface area contributed by atoms with Gasteiger partial charge in [0, 0.05) is 10.8 Å². The van der Waals surface area contributed by atoms with Gasteiger partial charge in [-0.05, 0) is 33.6 Å². The van der Waals surface area contributed by atoms with E-state index < -0.39 is 0 Å². The zero-order chi connectivity index (χ0) is 10.3. The van der Waals surface area contributed by atoms with Crippen LogP contribution in [0.2, 0.25) is 0 Å². The second-order valence-corrected chi connectivity index (χ2v) is 6.24. The third-order valence-electron chi connectivity index (χ3n) is 1.93. The standard InChI is InChI=1S/C11H25NS/c1-6-8-9-10(7-2)12-13-11(3,4)5/h10,12H,6-9H2,1-5H3. The van der Waals surface area contributed by atoms with Gasteiger partial charge in [-0.2, -0.15) is 0 Å². The molecule has 0 amide bonds. The van der Waals surface area contributed by atoms with E-state index in [0.29, 0.717) is 10.8 Å². The van der Waals surface area contributed by atoms with Gasteiger partial charge in [0.2, 0.25) is 0 Å². The van der Waals surface area contributed by atoms with E-state index in [-0.39, 0.29) is 0 Å². The highest BCUT2D eigenvalue weighted by atomic mass is 32.2. The van der Waals surface area contributed by atoms with Gasteiger partial charge in [-0.1, -0.05) is 38.6 Å². The Hall–Kier alpha value is 0.310. The number of unbranched alkanes of at least 4 members (excludes halogenated alkanes) is 1. The first-order valence-corrected chi connectivity index (χ1v) is 6.24. The zero-order valence-corrected chi connectivity index (χ0v) is 10.6. The van der Waals surface area contributed by atoms with Crippen molar-refractivity contribution in [3.05, 3.63) is 0 Å². The van der Waals surface area contributed by atoms with Gasteiger partial charge in [-0.15, -0.1) is 0 Å². The summed E-state index contributed by atoms with van der Waals surface area (Å²) in [6.45, 7) is 11.3. The minimum absolute atomic E-state index is 0.333. The molecular formula is C11H25NS. The van der Waals surface area contributed by atoms with E-state index in [0.717, 1.165) is 0 Å². The molecule has 2 heteroatoms. The molecule has 80 valence electrons. The van der Waals surface area contributed by atoms with Crippen LogP contribution in [-0.4, -0.2) is 10.8 Å². The lowest BCUT2D eigenvalue weighted by Gasteiger charge is -2.23. The molecule has 1 atom stereocenters. The second kappa shape index (κ2) is 6.72. The van der Waals surface area contributed by atoms with Gasteiger partial charge in [-0.3, -0.25) is 4.72 Å². The van der Waals surface area contributed by atoms with E-state index in [4.69, 9.17) is 0 Å². The highest BCUT2D eigenvalue weighted by molar-refractivity contribution is 7.98. The molecule has 13 heavy (non-hydrogen) atoms. The number of nitrogens with one attached hydrogen (secondary N) is 1. The molecule has 0 aliphatic rings. The van der Waals surface area contributed by atoms with Crippen LogP contribution < -0.4 is 4.72 Å². The summed E-state index contributed by atoms with van der Waals surface area (Å²) in [5, 5.41) is 0. The number of hydrogen-bond donors (Lipinski definition) is 1. The monoisotopic (exact) mass is 203 g/mol. The highest BCUT2D eigenvalue weighted by Gasteiger charge is 2.13. The van der Waals surface area contributed by atoms with Crippen molar-refractivity contribution in [2.75, 3.05) is 0 Å². The molecule has 0 heterocycles. The summed E-state index contributed by atoms with van der Waals surface area (Å²) in [5.41, 5.74) is 0. The SMILES string of the molecule is CCCCC(CC)NSC(C)(C)C. The summed E-state index contributed by atoms with van der Waals surface area (Å²) in [6.07, 6.45) is 5.20. The van der Waals surface area contributed by atoms with Crippen LogP contribution in [0.4, 0.5) is 0 Å². The maximum Gasteiger partial charge on any atom is 0.0220 e. The summed E-state index contributed by atoms with van der Waals surface area (Å²) in [4.78, 5) is 0. The number of rotatable bonds is 6. The largest absolute Gasteiger partial charge is 0.261 e. The van der Waals surface area contributed by atoms with Crippen molar-refractivity contribution in [3.8, 4) is 0 Å². The molecule has 0 saturated heterocycles. The van der Waals surface area contributed by atoms with Crippen LogP contribution in [0.25, 0.3) is 0 Å². The molecule has 0 aromatic heterocycles. The molecule has 0 aromatic rings. The van der Waals surface area contributed by atoms with Gasteiger partial charge in [0.1, 0.15) is 0 Å². The van der Waals surface area contributed by atoms with Gasteiger partial charge in [-0.25, -0.2) is 0 Å². The average Bonchev–Trinajstić information content (AvgIpc) is 2.03. The van der Waals surface area contributed by atoms with Crippen LogP contribution in [0.1, 0.15) is 60.3 Å². The first-order chi connectivity index (χ1) is 5.99. The van der Waals surface area contributed by atoms with Crippen LogP contribution in [0.15, 0.2) is 0 Å². The normalized spacial score (nSPS) is 14.5. The summed E-state index contributed by atoms with van der Waals surface area (Å²) in [7, 11) is 0. The summed E-state index contributed by atoms with van der Waals surface area (Å²) >= 11 is 1.87. The molecule has 0 radical (unpaired) electrons. The van der Waals surface area contributed by atoms with E-state index in [1.807, 2.05) is 11.9 Å². The molecule has 1 nitrogen and oxygen atoms in total. The smallest absolute Gasteiger partial charge is 0.0220 e. The Morgan fingerprint density at radius 2 is 1.85 bits per heavy atom. The lowest BCUT2D eigenvalue weighted by molar-refractivity contribution is 0.531. The number of hydrogen-bond acceptors (Lipinski definition) is 2. The summed E-state index contributed by atoms with van der Waals surface area (Å²) in [5.74, 6) is 0. The van der Waals surface area contributed by atoms with E-state index in [1.54, 1.807) is 0 Å². The maximum atomic E-state index is 3.56. The van der Waals surface area contributed by atoms with Crippen molar-refractivity contribution >= 4 is 11.9 Å². The van der Waals surface area contributed by atoms with Crippen LogP contribution >= 0.6 is 11.9 Å². The Kier molecular flexibility index (Phi) is 6.88. The van der Waals surface area contributed by atoms with Crippen molar-refractivity contribution in [2.45, 2.75) is 71.1 Å². The molecule has 0 aromatic carbocycles. The van der Waals surface area contributed by atoms with Gasteiger partial charge < -0.3 is 0 Å². The first kappa shape index (κ1) is 13.3. The lowest BCUT2D eigenvalue weighted by Crippen LogP contribution is -2.27. The Labute approximate surface area is 88.2 Å². The molecule has 1 unspecified atom stereocenters. The minimum atomic E-state index is 0.333. The fourth-order valence-corrected chi connectivity index (χ4v) is 1.86. The Bertz CT molecular complexity index is 118. The van der Waals surface area contributed by atoms with E-state index >= 15 is 0 Å². The Balaban J connectivity index is 3.59. The predicted octanol–water partition coefficient (Wildman–Crippen LogP) is 3.99. The fraction of sp³-hybridized carbons (Fsp3) is 1.00. The van der Waals surface area contributed by atoms with Crippen LogP contribution in [0.3, 0.4) is 0 Å². The Morgan fingerprint density at radius 3 is 2.23 bits per heavy atom. The van der Waals surface area contributed by atoms with Gasteiger partial charge >= 0.3 is 0 Å². The lowest BCUT2D eigenvalue weighted by atomic mass is 10.1. The molecule has 0 fully saturated rings. The van der Waals surface area contributed by atoms with Crippen LogP contribution in [0.5, 0.6) is 0 Å². The molecule has 0 rings (SSSR count). The third-order valence-corrected chi connectivity index (χ3v) is 2.99. The van der Waals surface area contributed by atoms with Crippen molar-refractivity contribution in [3.63, 3.8) is 0 Å². The quantitative estimate of drug-likeness (QED) is 0.655.